The van der Waals surface area contributed by atoms with Crippen LogP contribution in [0.15, 0.2) is 64.3 Å². The maximum atomic E-state index is 5.30. The summed E-state index contributed by atoms with van der Waals surface area (Å²) in [5.74, 6) is 2.02. The second-order valence-electron chi connectivity index (χ2n) is 6.02. The van der Waals surface area contributed by atoms with Crippen molar-refractivity contribution >= 4 is 22.8 Å². The van der Waals surface area contributed by atoms with Gasteiger partial charge >= 0.3 is 0 Å². The fourth-order valence-electron chi connectivity index (χ4n) is 2.88. The molecule has 0 saturated carbocycles. The standard InChI is InChI=1S/C20H20N4OS/c1-2-18-22-19(25-23-18)14-26-20-21-16-10-6-7-11-17(16)24(20)13-12-15-8-4-3-5-9-15/h3-11H,2,12-14H2,1H3. The van der Waals surface area contributed by atoms with E-state index in [1.54, 1.807) is 11.8 Å². The van der Waals surface area contributed by atoms with Crippen molar-refractivity contribution in [2.24, 2.45) is 0 Å². The van der Waals surface area contributed by atoms with E-state index in [1.807, 2.05) is 19.1 Å². The quantitative estimate of drug-likeness (QED) is 0.451. The van der Waals surface area contributed by atoms with Crippen LogP contribution in [0.1, 0.15) is 24.2 Å². The van der Waals surface area contributed by atoms with E-state index in [4.69, 9.17) is 9.51 Å². The monoisotopic (exact) mass is 364 g/mol. The van der Waals surface area contributed by atoms with Gasteiger partial charge in [0.05, 0.1) is 16.8 Å². The Labute approximate surface area is 156 Å². The van der Waals surface area contributed by atoms with Gasteiger partial charge in [-0.1, -0.05) is 66.3 Å². The highest BCUT2D eigenvalue weighted by atomic mass is 32.2. The Kier molecular flexibility index (Phi) is 5.02. The van der Waals surface area contributed by atoms with Gasteiger partial charge in [-0.3, -0.25) is 0 Å². The Bertz CT molecular complexity index is 993. The van der Waals surface area contributed by atoms with Crippen LogP contribution in [0.5, 0.6) is 0 Å². The number of fused-ring (bicyclic) bond motifs is 1. The molecule has 0 amide bonds. The van der Waals surface area contributed by atoms with Crippen molar-refractivity contribution in [2.45, 2.75) is 37.2 Å². The Hall–Kier alpha value is -2.60. The van der Waals surface area contributed by atoms with Crippen molar-refractivity contribution in [3.05, 3.63) is 71.9 Å². The molecule has 0 fully saturated rings. The van der Waals surface area contributed by atoms with Gasteiger partial charge in [-0.15, -0.1) is 0 Å². The number of aromatic nitrogens is 4. The van der Waals surface area contributed by atoms with Gasteiger partial charge in [-0.2, -0.15) is 4.98 Å². The van der Waals surface area contributed by atoms with Crippen LogP contribution < -0.4 is 0 Å². The zero-order chi connectivity index (χ0) is 17.8. The highest BCUT2D eigenvalue weighted by molar-refractivity contribution is 7.98. The van der Waals surface area contributed by atoms with Crippen molar-refractivity contribution in [2.75, 3.05) is 0 Å². The number of aryl methyl sites for hydroxylation is 3. The Morgan fingerprint density at radius 3 is 2.62 bits per heavy atom. The normalized spacial score (nSPS) is 11.3. The van der Waals surface area contributed by atoms with Crippen LogP contribution in [-0.4, -0.2) is 19.7 Å². The molecule has 2 heterocycles. The first-order valence-electron chi connectivity index (χ1n) is 8.77. The molecule has 0 spiro atoms. The topological polar surface area (TPSA) is 56.7 Å². The van der Waals surface area contributed by atoms with Gasteiger partial charge in [0, 0.05) is 13.0 Å². The zero-order valence-corrected chi connectivity index (χ0v) is 15.4. The summed E-state index contributed by atoms with van der Waals surface area (Å²) in [4.78, 5) is 9.19. The second-order valence-corrected chi connectivity index (χ2v) is 6.96. The predicted octanol–water partition coefficient (Wildman–Crippen LogP) is 4.52. The molecule has 2 aromatic heterocycles. The second kappa shape index (κ2) is 7.74. The van der Waals surface area contributed by atoms with Crippen molar-refractivity contribution in [3.8, 4) is 0 Å². The van der Waals surface area contributed by atoms with Crippen LogP contribution in [0.25, 0.3) is 11.0 Å². The molecule has 2 aromatic carbocycles. The lowest BCUT2D eigenvalue weighted by Gasteiger charge is -2.08. The van der Waals surface area contributed by atoms with E-state index in [0.29, 0.717) is 11.6 Å². The van der Waals surface area contributed by atoms with E-state index in [2.05, 4.69) is 57.2 Å². The van der Waals surface area contributed by atoms with E-state index in [0.717, 1.165) is 41.4 Å². The molecule has 0 bridgehead atoms. The lowest BCUT2D eigenvalue weighted by molar-refractivity contribution is 0.385. The minimum Gasteiger partial charge on any atom is -0.338 e. The molecule has 0 aliphatic heterocycles. The Morgan fingerprint density at radius 1 is 1.00 bits per heavy atom. The summed E-state index contributed by atoms with van der Waals surface area (Å²) < 4.78 is 7.58. The van der Waals surface area contributed by atoms with Crippen molar-refractivity contribution in [1.82, 2.24) is 19.7 Å². The van der Waals surface area contributed by atoms with Crippen LogP contribution in [0.3, 0.4) is 0 Å². The fourth-order valence-corrected chi connectivity index (χ4v) is 3.76. The smallest absolute Gasteiger partial charge is 0.237 e. The molecule has 0 unspecified atom stereocenters. The number of imidazole rings is 1. The van der Waals surface area contributed by atoms with Crippen LogP contribution >= 0.6 is 11.8 Å². The van der Waals surface area contributed by atoms with E-state index in [1.165, 1.54) is 5.56 Å². The maximum Gasteiger partial charge on any atom is 0.237 e. The van der Waals surface area contributed by atoms with Gasteiger partial charge in [-0.05, 0) is 24.1 Å². The summed E-state index contributed by atoms with van der Waals surface area (Å²) >= 11 is 1.64. The highest BCUT2D eigenvalue weighted by Crippen LogP contribution is 2.27. The lowest BCUT2D eigenvalue weighted by atomic mass is 10.1. The number of rotatable bonds is 7. The van der Waals surface area contributed by atoms with E-state index < -0.39 is 0 Å². The van der Waals surface area contributed by atoms with E-state index in [9.17, 15) is 0 Å². The average Bonchev–Trinajstić information content (AvgIpc) is 3.29. The van der Waals surface area contributed by atoms with Crippen LogP contribution in [0.2, 0.25) is 0 Å². The van der Waals surface area contributed by atoms with Gasteiger partial charge in [0.1, 0.15) is 0 Å². The third kappa shape index (κ3) is 3.65. The summed E-state index contributed by atoms with van der Waals surface area (Å²) in [6, 6.07) is 18.8. The van der Waals surface area contributed by atoms with Gasteiger partial charge in [-0.25, -0.2) is 4.98 Å². The summed E-state index contributed by atoms with van der Waals surface area (Å²) in [5.41, 5.74) is 3.50. The van der Waals surface area contributed by atoms with Crippen LogP contribution in [0.4, 0.5) is 0 Å². The van der Waals surface area contributed by atoms with Gasteiger partial charge in [0.25, 0.3) is 0 Å². The Balaban J connectivity index is 1.56. The van der Waals surface area contributed by atoms with Gasteiger partial charge in [0.15, 0.2) is 11.0 Å². The third-order valence-corrected chi connectivity index (χ3v) is 5.20. The van der Waals surface area contributed by atoms with Crippen LogP contribution in [-0.2, 0) is 25.1 Å². The maximum absolute atomic E-state index is 5.30. The molecule has 4 aromatic rings. The SMILES string of the molecule is CCc1noc(CSc2nc3ccccc3n2CCc2ccccc2)n1. The molecule has 132 valence electrons. The summed E-state index contributed by atoms with van der Waals surface area (Å²) in [6.07, 6.45) is 1.75. The lowest BCUT2D eigenvalue weighted by Crippen LogP contribution is -2.03. The summed E-state index contributed by atoms with van der Waals surface area (Å²) in [6.45, 7) is 2.90. The first-order valence-corrected chi connectivity index (χ1v) is 9.75. The van der Waals surface area contributed by atoms with Crippen molar-refractivity contribution in [1.29, 1.82) is 0 Å². The number of nitrogens with zero attached hydrogens (tertiary/aromatic N) is 4. The van der Waals surface area contributed by atoms with Crippen molar-refractivity contribution < 1.29 is 4.52 Å². The number of para-hydroxylation sites is 2. The molecular formula is C20H20N4OS. The minimum absolute atomic E-state index is 0.627. The predicted molar refractivity (Wildman–Crippen MR) is 103 cm³/mol. The molecule has 0 atom stereocenters. The number of hydrogen-bond donors (Lipinski definition) is 0. The molecular weight excluding hydrogens is 344 g/mol. The number of benzene rings is 2. The summed E-state index contributed by atoms with van der Waals surface area (Å²) in [7, 11) is 0. The van der Waals surface area contributed by atoms with Crippen LogP contribution in [0, 0.1) is 0 Å². The average molecular weight is 364 g/mol. The van der Waals surface area contributed by atoms with Crippen molar-refractivity contribution in [3.63, 3.8) is 0 Å². The minimum atomic E-state index is 0.627. The number of thioether (sulfide) groups is 1. The third-order valence-electron chi connectivity index (χ3n) is 4.24. The van der Waals surface area contributed by atoms with E-state index >= 15 is 0 Å². The molecule has 0 saturated heterocycles. The molecule has 0 aliphatic carbocycles. The molecule has 0 aliphatic rings. The highest BCUT2D eigenvalue weighted by Gasteiger charge is 2.13. The first-order chi connectivity index (χ1) is 12.8. The molecule has 0 radical (unpaired) electrons. The molecule has 26 heavy (non-hydrogen) atoms. The Morgan fingerprint density at radius 2 is 1.81 bits per heavy atom. The molecule has 4 rings (SSSR count). The molecule has 6 heteroatoms. The first kappa shape index (κ1) is 16.8. The van der Waals surface area contributed by atoms with E-state index in [-0.39, 0.29) is 0 Å². The zero-order valence-electron chi connectivity index (χ0n) is 14.6. The summed E-state index contributed by atoms with van der Waals surface area (Å²) in [5, 5.41) is 4.95. The molecule has 5 nitrogen and oxygen atoms in total. The molecule has 0 N–H and O–H groups in total. The number of hydrogen-bond acceptors (Lipinski definition) is 5. The van der Waals surface area contributed by atoms with Gasteiger partial charge in [0.2, 0.25) is 5.89 Å². The fraction of sp³-hybridized carbons (Fsp3) is 0.250. The largest absolute Gasteiger partial charge is 0.338 e. The van der Waals surface area contributed by atoms with Gasteiger partial charge < -0.3 is 9.09 Å².